The third kappa shape index (κ3) is 3.13. The van der Waals surface area contributed by atoms with Crippen LogP contribution in [0.1, 0.15) is 25.7 Å². The second-order valence-corrected chi connectivity index (χ2v) is 5.13. The van der Waals surface area contributed by atoms with Crippen LogP contribution in [0.15, 0.2) is 0 Å². The number of rotatable bonds is 4. The molecule has 0 aromatic carbocycles. The van der Waals surface area contributed by atoms with Crippen LogP contribution in [-0.4, -0.2) is 65.7 Å². The Bertz CT molecular complexity index is 325. The summed E-state index contributed by atoms with van der Waals surface area (Å²) in [7, 11) is 1.79. The van der Waals surface area contributed by atoms with E-state index >= 15 is 0 Å². The number of carboxylic acid groups (broad SMARTS) is 1. The first-order chi connectivity index (χ1) is 8.59. The summed E-state index contributed by atoms with van der Waals surface area (Å²) < 4.78 is 0. The quantitative estimate of drug-likeness (QED) is 0.760. The van der Waals surface area contributed by atoms with E-state index < -0.39 is 5.97 Å². The van der Waals surface area contributed by atoms with Crippen molar-refractivity contribution in [3.63, 3.8) is 0 Å². The number of amides is 2. The number of aliphatic carboxylic acids is 1. The molecule has 1 saturated heterocycles. The Morgan fingerprint density at radius 1 is 1.17 bits per heavy atom. The van der Waals surface area contributed by atoms with Crippen molar-refractivity contribution in [2.45, 2.75) is 37.8 Å². The van der Waals surface area contributed by atoms with Crippen LogP contribution in [0.4, 0.5) is 4.79 Å². The summed E-state index contributed by atoms with van der Waals surface area (Å²) in [5.74, 6) is -0.936. The predicted octanol–water partition coefficient (Wildman–Crippen LogP) is 0.339. The summed E-state index contributed by atoms with van der Waals surface area (Å²) in [4.78, 5) is 26.4. The maximum Gasteiger partial charge on any atom is 0.323 e. The van der Waals surface area contributed by atoms with E-state index in [9.17, 15) is 9.59 Å². The molecule has 1 aliphatic heterocycles. The van der Waals surface area contributed by atoms with Gasteiger partial charge in [-0.3, -0.25) is 4.79 Å². The Balaban J connectivity index is 1.95. The molecule has 0 atom stereocenters. The number of piperidine rings is 1. The highest BCUT2D eigenvalue weighted by Crippen LogP contribution is 2.28. The fraction of sp³-hybridized carbons (Fsp3) is 0.833. The van der Waals surface area contributed by atoms with Crippen LogP contribution >= 0.6 is 0 Å². The van der Waals surface area contributed by atoms with E-state index in [-0.39, 0.29) is 24.7 Å². The predicted molar refractivity (Wildman–Crippen MR) is 66.4 cm³/mol. The van der Waals surface area contributed by atoms with E-state index in [0.29, 0.717) is 0 Å². The van der Waals surface area contributed by atoms with Crippen molar-refractivity contribution in [3.05, 3.63) is 0 Å². The molecule has 0 aromatic rings. The van der Waals surface area contributed by atoms with Crippen LogP contribution in [0.2, 0.25) is 0 Å². The first-order valence-electron chi connectivity index (χ1n) is 6.55. The van der Waals surface area contributed by atoms with Gasteiger partial charge in [0.1, 0.15) is 6.54 Å². The lowest BCUT2D eigenvalue weighted by Crippen LogP contribution is -2.51. The third-order valence-corrected chi connectivity index (χ3v) is 3.70. The highest BCUT2D eigenvalue weighted by atomic mass is 16.4. The molecular formula is C12H21N3O3. The van der Waals surface area contributed by atoms with E-state index in [1.807, 2.05) is 0 Å². The van der Waals surface area contributed by atoms with Crippen LogP contribution in [0.25, 0.3) is 0 Å². The molecule has 6 heteroatoms. The topological polar surface area (TPSA) is 72.9 Å². The summed E-state index contributed by atoms with van der Waals surface area (Å²) in [5.41, 5.74) is 0. The molecule has 0 spiro atoms. The van der Waals surface area contributed by atoms with Gasteiger partial charge in [0.25, 0.3) is 0 Å². The number of urea groups is 1. The monoisotopic (exact) mass is 255 g/mol. The summed E-state index contributed by atoms with van der Waals surface area (Å²) >= 11 is 0. The van der Waals surface area contributed by atoms with Gasteiger partial charge in [0, 0.05) is 19.1 Å². The average Bonchev–Trinajstić information content (AvgIpc) is 3.19. The molecule has 0 bridgehead atoms. The minimum absolute atomic E-state index is 0.133. The minimum Gasteiger partial charge on any atom is -0.480 e. The number of carboxylic acids is 1. The van der Waals surface area contributed by atoms with Gasteiger partial charge in [0.15, 0.2) is 0 Å². The van der Waals surface area contributed by atoms with Gasteiger partial charge in [-0.15, -0.1) is 0 Å². The van der Waals surface area contributed by atoms with Gasteiger partial charge in [0.05, 0.1) is 0 Å². The Hall–Kier alpha value is -1.30. The number of carbonyl (C=O) groups excluding carboxylic acids is 1. The Kier molecular flexibility index (Phi) is 4.06. The largest absolute Gasteiger partial charge is 0.480 e. The summed E-state index contributed by atoms with van der Waals surface area (Å²) in [6.07, 6.45) is 3.74. The van der Waals surface area contributed by atoms with Gasteiger partial charge in [0.2, 0.25) is 0 Å². The van der Waals surface area contributed by atoms with Crippen LogP contribution in [0, 0.1) is 0 Å². The molecule has 2 aliphatic rings. The van der Waals surface area contributed by atoms with E-state index in [1.165, 1.54) is 4.90 Å². The highest BCUT2D eigenvalue weighted by Gasteiger charge is 2.36. The van der Waals surface area contributed by atoms with Crippen molar-refractivity contribution in [1.82, 2.24) is 15.1 Å². The molecule has 102 valence electrons. The van der Waals surface area contributed by atoms with Gasteiger partial charge in [-0.05, 0) is 38.8 Å². The molecule has 2 amide bonds. The highest BCUT2D eigenvalue weighted by molar-refractivity contribution is 5.80. The molecule has 2 fully saturated rings. The number of hydrogen-bond acceptors (Lipinski definition) is 3. The second-order valence-electron chi connectivity index (χ2n) is 5.13. The molecule has 2 rings (SSSR count). The Labute approximate surface area is 107 Å². The zero-order chi connectivity index (χ0) is 13.1. The third-order valence-electron chi connectivity index (χ3n) is 3.70. The maximum atomic E-state index is 12.3. The Morgan fingerprint density at radius 3 is 2.28 bits per heavy atom. The average molecular weight is 255 g/mol. The molecule has 6 nitrogen and oxygen atoms in total. The van der Waals surface area contributed by atoms with E-state index in [1.54, 1.807) is 11.9 Å². The fourth-order valence-electron chi connectivity index (χ4n) is 2.44. The van der Waals surface area contributed by atoms with Crippen molar-refractivity contribution in [1.29, 1.82) is 0 Å². The molecule has 1 saturated carbocycles. The van der Waals surface area contributed by atoms with Gasteiger partial charge in [-0.25, -0.2) is 4.79 Å². The molecule has 1 heterocycles. The lowest BCUT2D eigenvalue weighted by atomic mass is 10.1. The summed E-state index contributed by atoms with van der Waals surface area (Å²) in [5, 5.41) is 12.1. The van der Waals surface area contributed by atoms with Crippen LogP contribution in [-0.2, 0) is 4.79 Å². The van der Waals surface area contributed by atoms with Gasteiger partial charge in [-0.2, -0.15) is 0 Å². The van der Waals surface area contributed by atoms with Crippen molar-refractivity contribution in [2.24, 2.45) is 0 Å². The van der Waals surface area contributed by atoms with E-state index in [2.05, 4.69) is 5.32 Å². The van der Waals surface area contributed by atoms with E-state index in [0.717, 1.165) is 38.8 Å². The number of hydrogen-bond donors (Lipinski definition) is 2. The van der Waals surface area contributed by atoms with Crippen LogP contribution in [0.3, 0.4) is 0 Å². The zero-order valence-electron chi connectivity index (χ0n) is 10.8. The molecule has 0 unspecified atom stereocenters. The smallest absolute Gasteiger partial charge is 0.323 e. The van der Waals surface area contributed by atoms with Gasteiger partial charge < -0.3 is 20.2 Å². The molecule has 18 heavy (non-hydrogen) atoms. The summed E-state index contributed by atoms with van der Waals surface area (Å²) in [6, 6.07) is 0.235. The molecule has 0 aromatic heterocycles. The SMILES string of the molecule is CN(C(=O)N(CC(=O)O)C1CC1)C1CCNCC1. The number of carbonyl (C=O) groups is 2. The second kappa shape index (κ2) is 5.56. The van der Waals surface area contributed by atoms with Crippen LogP contribution < -0.4 is 5.32 Å². The van der Waals surface area contributed by atoms with E-state index in [4.69, 9.17) is 5.11 Å². The van der Waals surface area contributed by atoms with Crippen molar-refractivity contribution in [3.8, 4) is 0 Å². The summed E-state index contributed by atoms with van der Waals surface area (Å²) in [6.45, 7) is 1.66. The number of nitrogens with one attached hydrogen (secondary N) is 1. The molecule has 0 radical (unpaired) electrons. The zero-order valence-corrected chi connectivity index (χ0v) is 10.8. The minimum atomic E-state index is -0.936. The van der Waals surface area contributed by atoms with Gasteiger partial charge >= 0.3 is 12.0 Å². The van der Waals surface area contributed by atoms with Crippen molar-refractivity contribution >= 4 is 12.0 Å². The standard InChI is InChI=1S/C12H21N3O3/c1-14(9-4-6-13-7-5-9)12(18)15(8-11(16)17)10-2-3-10/h9-10,13H,2-8H2,1H3,(H,16,17). The number of nitrogens with zero attached hydrogens (tertiary/aromatic N) is 2. The maximum absolute atomic E-state index is 12.3. The molecule has 1 aliphatic carbocycles. The van der Waals surface area contributed by atoms with Crippen molar-refractivity contribution in [2.75, 3.05) is 26.7 Å². The van der Waals surface area contributed by atoms with Gasteiger partial charge in [-0.1, -0.05) is 0 Å². The first kappa shape index (κ1) is 13.1. The molecular weight excluding hydrogens is 234 g/mol. The van der Waals surface area contributed by atoms with Crippen molar-refractivity contribution < 1.29 is 14.7 Å². The Morgan fingerprint density at radius 2 is 1.78 bits per heavy atom. The fourth-order valence-corrected chi connectivity index (χ4v) is 2.44. The van der Waals surface area contributed by atoms with Crippen LogP contribution in [0.5, 0.6) is 0 Å². The molecule has 2 N–H and O–H groups in total. The lowest BCUT2D eigenvalue weighted by molar-refractivity contribution is -0.137. The first-order valence-corrected chi connectivity index (χ1v) is 6.55. The normalized spacial score (nSPS) is 20.5. The lowest BCUT2D eigenvalue weighted by Gasteiger charge is -2.35.